The lowest BCUT2D eigenvalue weighted by atomic mass is 10.2. The van der Waals surface area contributed by atoms with Gasteiger partial charge in [0.15, 0.2) is 0 Å². The van der Waals surface area contributed by atoms with Crippen molar-refractivity contribution in [3.63, 3.8) is 0 Å². The summed E-state index contributed by atoms with van der Waals surface area (Å²) in [7, 11) is -3.61. The summed E-state index contributed by atoms with van der Waals surface area (Å²) in [6, 6.07) is 8.00. The van der Waals surface area contributed by atoms with Crippen LogP contribution in [0.3, 0.4) is 0 Å². The number of carbonyl (C=O) groups is 1. The van der Waals surface area contributed by atoms with Crippen LogP contribution in [0.25, 0.3) is 0 Å². The molecule has 0 aliphatic rings. The number of nitrogens with one attached hydrogen (secondary N) is 2. The van der Waals surface area contributed by atoms with E-state index in [1.54, 1.807) is 18.2 Å². The van der Waals surface area contributed by atoms with Crippen LogP contribution in [0.1, 0.15) is 20.3 Å². The van der Waals surface area contributed by atoms with E-state index in [9.17, 15) is 13.2 Å². The molecule has 0 aliphatic carbocycles. The van der Waals surface area contributed by atoms with Gasteiger partial charge in [-0.2, -0.15) is 0 Å². The quantitative estimate of drug-likeness (QED) is 0.805. The fourth-order valence-corrected chi connectivity index (χ4v) is 2.27. The molecule has 0 fully saturated rings. The van der Waals surface area contributed by atoms with E-state index < -0.39 is 10.0 Å². The van der Waals surface area contributed by atoms with E-state index in [4.69, 9.17) is 0 Å². The Morgan fingerprint density at radius 1 is 1.28 bits per heavy atom. The summed E-state index contributed by atoms with van der Waals surface area (Å²) in [5, 5.41) is 2.69. The van der Waals surface area contributed by atoms with Gasteiger partial charge in [0.2, 0.25) is 15.9 Å². The minimum atomic E-state index is -3.61. The van der Waals surface area contributed by atoms with Gasteiger partial charge in [0.25, 0.3) is 0 Å². The molecule has 1 aromatic carbocycles. The van der Waals surface area contributed by atoms with Gasteiger partial charge in [0, 0.05) is 6.04 Å². The Balaban J connectivity index is 2.56. The zero-order valence-corrected chi connectivity index (χ0v) is 11.3. The van der Waals surface area contributed by atoms with Gasteiger partial charge in [-0.1, -0.05) is 25.1 Å². The standard InChI is InChI=1S/C12H18N2O3S/c1-3-10(2)14-12(15)9-13-18(16,17)11-7-5-4-6-8-11/h4-8,10,13H,3,9H2,1-2H3,(H,14,15). The Morgan fingerprint density at radius 3 is 2.44 bits per heavy atom. The van der Waals surface area contributed by atoms with Crippen molar-refractivity contribution in [2.75, 3.05) is 6.54 Å². The van der Waals surface area contributed by atoms with E-state index >= 15 is 0 Å². The molecule has 5 nitrogen and oxygen atoms in total. The number of benzene rings is 1. The number of hydrogen-bond acceptors (Lipinski definition) is 3. The topological polar surface area (TPSA) is 75.3 Å². The van der Waals surface area contributed by atoms with Gasteiger partial charge in [-0.05, 0) is 25.5 Å². The van der Waals surface area contributed by atoms with Crippen molar-refractivity contribution in [2.24, 2.45) is 0 Å². The molecule has 100 valence electrons. The summed E-state index contributed by atoms with van der Waals surface area (Å²) in [5.41, 5.74) is 0. The van der Waals surface area contributed by atoms with Gasteiger partial charge >= 0.3 is 0 Å². The van der Waals surface area contributed by atoms with E-state index in [1.165, 1.54) is 12.1 Å². The van der Waals surface area contributed by atoms with Gasteiger partial charge in [-0.25, -0.2) is 13.1 Å². The molecule has 1 atom stereocenters. The lowest BCUT2D eigenvalue weighted by molar-refractivity contribution is -0.120. The highest BCUT2D eigenvalue weighted by molar-refractivity contribution is 7.89. The number of carbonyl (C=O) groups excluding carboxylic acids is 1. The Kier molecular flexibility index (Phi) is 5.30. The minimum absolute atomic E-state index is 0.0405. The zero-order valence-electron chi connectivity index (χ0n) is 10.5. The van der Waals surface area contributed by atoms with Crippen LogP contribution in [-0.4, -0.2) is 26.9 Å². The van der Waals surface area contributed by atoms with Crippen LogP contribution in [0, 0.1) is 0 Å². The van der Waals surface area contributed by atoms with Gasteiger partial charge < -0.3 is 5.32 Å². The van der Waals surface area contributed by atoms with Crippen molar-refractivity contribution >= 4 is 15.9 Å². The molecule has 1 aromatic rings. The summed E-state index contributed by atoms with van der Waals surface area (Å²) in [6.07, 6.45) is 0.803. The van der Waals surface area contributed by atoms with Gasteiger partial charge in [-0.3, -0.25) is 4.79 Å². The fourth-order valence-electron chi connectivity index (χ4n) is 1.27. The van der Waals surface area contributed by atoms with Crippen molar-refractivity contribution in [3.05, 3.63) is 30.3 Å². The lowest BCUT2D eigenvalue weighted by Gasteiger charge is -2.12. The summed E-state index contributed by atoms with van der Waals surface area (Å²) in [6.45, 7) is 3.56. The van der Waals surface area contributed by atoms with Crippen LogP contribution in [0.15, 0.2) is 35.2 Å². The molecule has 0 saturated carbocycles. The third-order valence-electron chi connectivity index (χ3n) is 2.50. The number of amides is 1. The van der Waals surface area contributed by atoms with Crippen LogP contribution in [-0.2, 0) is 14.8 Å². The lowest BCUT2D eigenvalue weighted by Crippen LogP contribution is -2.40. The number of sulfonamides is 1. The predicted octanol–water partition coefficient (Wildman–Crippen LogP) is 0.880. The molecule has 1 rings (SSSR count). The first-order valence-corrected chi connectivity index (χ1v) is 7.28. The minimum Gasteiger partial charge on any atom is -0.353 e. The molecule has 0 aliphatic heterocycles. The van der Waals surface area contributed by atoms with Gasteiger partial charge in [-0.15, -0.1) is 0 Å². The van der Waals surface area contributed by atoms with Crippen molar-refractivity contribution < 1.29 is 13.2 Å². The van der Waals surface area contributed by atoms with E-state index in [1.807, 2.05) is 13.8 Å². The predicted molar refractivity (Wildman–Crippen MR) is 69.5 cm³/mol. The van der Waals surface area contributed by atoms with Crippen LogP contribution < -0.4 is 10.0 Å². The summed E-state index contributed by atoms with van der Waals surface area (Å²) in [4.78, 5) is 11.6. The Morgan fingerprint density at radius 2 is 1.89 bits per heavy atom. The molecule has 0 spiro atoms. The summed E-state index contributed by atoms with van der Waals surface area (Å²) >= 11 is 0. The third kappa shape index (κ3) is 4.46. The average Bonchev–Trinajstić information content (AvgIpc) is 2.37. The molecule has 0 bridgehead atoms. The van der Waals surface area contributed by atoms with Crippen LogP contribution >= 0.6 is 0 Å². The molecule has 1 unspecified atom stereocenters. The highest BCUT2D eigenvalue weighted by atomic mass is 32.2. The molecule has 2 N–H and O–H groups in total. The molecule has 0 saturated heterocycles. The molecule has 0 radical (unpaired) electrons. The van der Waals surface area contributed by atoms with Crippen molar-refractivity contribution in [3.8, 4) is 0 Å². The maximum Gasteiger partial charge on any atom is 0.241 e. The zero-order chi connectivity index (χ0) is 13.6. The van der Waals surface area contributed by atoms with Crippen molar-refractivity contribution in [1.82, 2.24) is 10.0 Å². The highest BCUT2D eigenvalue weighted by Crippen LogP contribution is 2.06. The fraction of sp³-hybridized carbons (Fsp3) is 0.417. The Labute approximate surface area is 108 Å². The van der Waals surface area contributed by atoms with Gasteiger partial charge in [0.05, 0.1) is 11.4 Å². The average molecular weight is 270 g/mol. The van der Waals surface area contributed by atoms with Crippen LogP contribution in [0.4, 0.5) is 0 Å². The van der Waals surface area contributed by atoms with Crippen molar-refractivity contribution in [1.29, 1.82) is 0 Å². The van der Waals surface area contributed by atoms with Crippen LogP contribution in [0.2, 0.25) is 0 Å². The molecule has 6 heteroatoms. The molecule has 0 heterocycles. The largest absolute Gasteiger partial charge is 0.353 e. The van der Waals surface area contributed by atoms with Gasteiger partial charge in [0.1, 0.15) is 0 Å². The van der Waals surface area contributed by atoms with Crippen LogP contribution in [0.5, 0.6) is 0 Å². The second-order valence-corrected chi connectivity index (χ2v) is 5.78. The monoisotopic (exact) mass is 270 g/mol. The Bertz CT molecular complexity index is 485. The Hall–Kier alpha value is -1.40. The van der Waals surface area contributed by atoms with E-state index in [0.717, 1.165) is 6.42 Å². The number of rotatable bonds is 6. The third-order valence-corrected chi connectivity index (χ3v) is 3.91. The first kappa shape index (κ1) is 14.7. The first-order chi connectivity index (χ1) is 8.45. The second kappa shape index (κ2) is 6.51. The maximum absolute atomic E-state index is 11.8. The molecule has 0 aromatic heterocycles. The summed E-state index contributed by atoms with van der Waals surface area (Å²) < 4.78 is 25.9. The smallest absolute Gasteiger partial charge is 0.241 e. The van der Waals surface area contributed by atoms with E-state index in [-0.39, 0.29) is 23.4 Å². The SMILES string of the molecule is CCC(C)NC(=O)CNS(=O)(=O)c1ccccc1. The van der Waals surface area contributed by atoms with Crippen molar-refractivity contribution in [2.45, 2.75) is 31.2 Å². The summed E-state index contributed by atoms with van der Waals surface area (Å²) in [5.74, 6) is -0.330. The second-order valence-electron chi connectivity index (χ2n) is 4.01. The first-order valence-electron chi connectivity index (χ1n) is 5.79. The van der Waals surface area contributed by atoms with E-state index in [2.05, 4.69) is 10.0 Å². The normalized spacial score (nSPS) is 13.0. The van der Waals surface area contributed by atoms with E-state index in [0.29, 0.717) is 0 Å². The molecule has 18 heavy (non-hydrogen) atoms. The molecule has 1 amide bonds. The highest BCUT2D eigenvalue weighted by Gasteiger charge is 2.15. The molecular weight excluding hydrogens is 252 g/mol. The maximum atomic E-state index is 11.8. The number of hydrogen-bond donors (Lipinski definition) is 2. The molecular formula is C12H18N2O3S.